The molecule has 25 heavy (non-hydrogen) atoms. The number of hydrogen-bond acceptors (Lipinski definition) is 3. The summed E-state index contributed by atoms with van der Waals surface area (Å²) in [7, 11) is 0. The van der Waals surface area contributed by atoms with Crippen LogP contribution in [0.3, 0.4) is 0 Å². The second kappa shape index (κ2) is 7.90. The lowest BCUT2D eigenvalue weighted by Gasteiger charge is -2.36. The van der Waals surface area contributed by atoms with Gasteiger partial charge in [-0.1, -0.05) is 53.7 Å². The number of rotatable bonds is 4. The molecule has 2 atom stereocenters. The zero-order valence-corrected chi connectivity index (χ0v) is 16.7. The summed E-state index contributed by atoms with van der Waals surface area (Å²) in [4.78, 5) is 12.3. The lowest BCUT2D eigenvalue weighted by Crippen LogP contribution is -2.25. The van der Waals surface area contributed by atoms with Gasteiger partial charge in [0.05, 0.1) is 12.2 Å². The minimum atomic E-state index is -0.385. The lowest BCUT2D eigenvalue weighted by molar-refractivity contribution is -0.130. The highest BCUT2D eigenvalue weighted by molar-refractivity contribution is 5.89. The van der Waals surface area contributed by atoms with Crippen molar-refractivity contribution >= 4 is 5.97 Å². The first-order valence-corrected chi connectivity index (χ1v) is 9.49. The molecule has 0 aromatic heterocycles. The molecule has 3 heteroatoms. The summed E-state index contributed by atoms with van der Waals surface area (Å²) in [5, 5.41) is 0. The number of carbonyl (C=O) groups excluding carboxylic acids is 1. The zero-order chi connectivity index (χ0) is 18.7. The molecule has 1 aliphatic rings. The Kier molecular flexibility index (Phi) is 6.31. The van der Waals surface area contributed by atoms with Crippen LogP contribution in [-0.4, -0.2) is 18.9 Å². The quantitative estimate of drug-likeness (QED) is 0.633. The van der Waals surface area contributed by atoms with Gasteiger partial charge in [0.15, 0.2) is 0 Å². The van der Waals surface area contributed by atoms with Gasteiger partial charge in [0.25, 0.3) is 0 Å². The van der Waals surface area contributed by atoms with Crippen molar-refractivity contribution < 1.29 is 14.3 Å². The van der Waals surface area contributed by atoms with Gasteiger partial charge in [0.2, 0.25) is 6.29 Å². The molecule has 2 rings (SSSR count). The van der Waals surface area contributed by atoms with Crippen LogP contribution in [0.25, 0.3) is 0 Å². The number of ether oxygens (including phenoxy) is 2. The maximum absolute atomic E-state index is 12.3. The Balaban J connectivity index is 2.09. The predicted octanol–water partition coefficient (Wildman–Crippen LogP) is 5.94. The first-order chi connectivity index (χ1) is 11.6. The van der Waals surface area contributed by atoms with E-state index in [0.717, 1.165) is 25.7 Å². The van der Waals surface area contributed by atoms with Gasteiger partial charge in [-0.05, 0) is 53.7 Å². The van der Waals surface area contributed by atoms with E-state index in [1.807, 2.05) is 12.1 Å². The molecule has 0 spiro atoms. The molecule has 0 amide bonds. The van der Waals surface area contributed by atoms with E-state index < -0.39 is 0 Å². The standard InChI is InChI=1S/C22H34O3/c1-21(2,3)15-18(22(4,5)6)16-10-12-17(13-11-16)20(23)25-19-9-7-8-14-24-19/h10-13,18-19H,7-9,14-15H2,1-6H3. The summed E-state index contributed by atoms with van der Waals surface area (Å²) >= 11 is 0. The summed E-state index contributed by atoms with van der Waals surface area (Å²) in [6.45, 7) is 14.4. The molecule has 2 unspecified atom stereocenters. The molecule has 1 aliphatic heterocycles. The highest BCUT2D eigenvalue weighted by Crippen LogP contribution is 2.43. The fourth-order valence-corrected chi connectivity index (χ4v) is 3.38. The largest absolute Gasteiger partial charge is 0.432 e. The molecular formula is C22H34O3. The molecule has 0 saturated carbocycles. The number of hydrogen-bond donors (Lipinski definition) is 0. The van der Waals surface area contributed by atoms with Crippen LogP contribution < -0.4 is 0 Å². The summed E-state index contributed by atoms with van der Waals surface area (Å²) in [6, 6.07) is 7.95. The molecule has 0 bridgehead atoms. The normalized spacial score (nSPS) is 20.2. The van der Waals surface area contributed by atoms with Gasteiger partial charge >= 0.3 is 5.97 Å². The Hall–Kier alpha value is -1.35. The van der Waals surface area contributed by atoms with E-state index in [1.165, 1.54) is 5.56 Å². The second-order valence-electron chi connectivity index (χ2n) is 9.51. The average Bonchev–Trinajstić information content (AvgIpc) is 2.52. The van der Waals surface area contributed by atoms with Crippen molar-refractivity contribution in [2.75, 3.05) is 6.61 Å². The van der Waals surface area contributed by atoms with Gasteiger partial charge in [-0.3, -0.25) is 0 Å². The maximum atomic E-state index is 12.3. The summed E-state index contributed by atoms with van der Waals surface area (Å²) in [5.41, 5.74) is 2.31. The Morgan fingerprint density at radius 3 is 2.24 bits per heavy atom. The van der Waals surface area contributed by atoms with Crippen LogP contribution in [0.2, 0.25) is 0 Å². The van der Waals surface area contributed by atoms with Crippen molar-refractivity contribution in [1.29, 1.82) is 0 Å². The number of benzene rings is 1. The molecule has 1 aromatic rings. The van der Waals surface area contributed by atoms with Crippen LogP contribution in [0.1, 0.15) is 89.1 Å². The Labute approximate surface area is 153 Å². The Bertz CT molecular complexity index is 554. The molecule has 1 heterocycles. The third-order valence-electron chi connectivity index (χ3n) is 4.79. The van der Waals surface area contributed by atoms with Crippen molar-refractivity contribution in [2.45, 2.75) is 79.4 Å². The minimum absolute atomic E-state index is 0.172. The zero-order valence-electron chi connectivity index (χ0n) is 16.7. The van der Waals surface area contributed by atoms with Gasteiger partial charge in [0, 0.05) is 6.42 Å². The van der Waals surface area contributed by atoms with E-state index in [-0.39, 0.29) is 23.1 Å². The highest BCUT2D eigenvalue weighted by Gasteiger charge is 2.30. The summed E-state index contributed by atoms with van der Waals surface area (Å²) in [6.07, 6.45) is 3.61. The van der Waals surface area contributed by atoms with E-state index in [4.69, 9.17) is 9.47 Å². The molecular weight excluding hydrogens is 312 g/mol. The van der Waals surface area contributed by atoms with Crippen molar-refractivity contribution in [2.24, 2.45) is 10.8 Å². The number of esters is 1. The van der Waals surface area contributed by atoms with E-state index in [0.29, 0.717) is 18.1 Å². The van der Waals surface area contributed by atoms with E-state index >= 15 is 0 Å². The van der Waals surface area contributed by atoms with Gasteiger partial charge in [-0.15, -0.1) is 0 Å². The van der Waals surface area contributed by atoms with Crippen molar-refractivity contribution in [1.82, 2.24) is 0 Å². The van der Waals surface area contributed by atoms with Crippen LogP contribution in [0.15, 0.2) is 24.3 Å². The van der Waals surface area contributed by atoms with Crippen LogP contribution in [0.5, 0.6) is 0 Å². The highest BCUT2D eigenvalue weighted by atomic mass is 16.7. The SMILES string of the molecule is CC(C)(C)CC(c1ccc(C(=O)OC2CCCCO2)cc1)C(C)(C)C. The fraction of sp³-hybridized carbons (Fsp3) is 0.682. The predicted molar refractivity (Wildman–Crippen MR) is 102 cm³/mol. The van der Waals surface area contributed by atoms with Crippen molar-refractivity contribution in [3.8, 4) is 0 Å². The third-order valence-corrected chi connectivity index (χ3v) is 4.79. The van der Waals surface area contributed by atoms with Crippen LogP contribution in [0, 0.1) is 10.8 Å². The second-order valence-corrected chi connectivity index (χ2v) is 9.51. The van der Waals surface area contributed by atoms with Crippen LogP contribution in [0.4, 0.5) is 0 Å². The van der Waals surface area contributed by atoms with Gasteiger partial charge in [-0.25, -0.2) is 4.79 Å². The molecule has 1 fully saturated rings. The lowest BCUT2D eigenvalue weighted by atomic mass is 9.69. The van der Waals surface area contributed by atoms with E-state index in [1.54, 1.807) is 0 Å². The molecule has 0 radical (unpaired) electrons. The first-order valence-electron chi connectivity index (χ1n) is 9.49. The van der Waals surface area contributed by atoms with Gasteiger partial charge < -0.3 is 9.47 Å². The molecule has 0 N–H and O–H groups in total. The average molecular weight is 347 g/mol. The van der Waals surface area contributed by atoms with E-state index in [2.05, 4.69) is 53.7 Å². The van der Waals surface area contributed by atoms with Crippen LogP contribution >= 0.6 is 0 Å². The molecule has 1 aromatic carbocycles. The van der Waals surface area contributed by atoms with E-state index in [9.17, 15) is 4.79 Å². The topological polar surface area (TPSA) is 35.5 Å². The van der Waals surface area contributed by atoms with Crippen molar-refractivity contribution in [3.05, 3.63) is 35.4 Å². The fourth-order valence-electron chi connectivity index (χ4n) is 3.38. The summed E-state index contributed by atoms with van der Waals surface area (Å²) < 4.78 is 11.0. The van der Waals surface area contributed by atoms with Gasteiger partial charge in [-0.2, -0.15) is 0 Å². The monoisotopic (exact) mass is 346 g/mol. The van der Waals surface area contributed by atoms with Crippen molar-refractivity contribution in [3.63, 3.8) is 0 Å². The third kappa shape index (κ3) is 6.14. The maximum Gasteiger partial charge on any atom is 0.340 e. The smallest absolute Gasteiger partial charge is 0.340 e. The summed E-state index contributed by atoms with van der Waals surface area (Å²) in [5.74, 6) is 0.154. The Morgan fingerprint density at radius 2 is 1.76 bits per heavy atom. The number of carbonyl (C=O) groups is 1. The molecule has 3 nitrogen and oxygen atoms in total. The van der Waals surface area contributed by atoms with Gasteiger partial charge in [0.1, 0.15) is 0 Å². The molecule has 0 aliphatic carbocycles. The molecule has 140 valence electrons. The minimum Gasteiger partial charge on any atom is -0.432 e. The Morgan fingerprint density at radius 1 is 1.12 bits per heavy atom. The van der Waals surface area contributed by atoms with Crippen LogP contribution in [-0.2, 0) is 9.47 Å². The first kappa shape index (κ1) is 20.0. The molecule has 1 saturated heterocycles.